The van der Waals surface area contributed by atoms with Crippen LogP contribution in [0.3, 0.4) is 0 Å². The van der Waals surface area contributed by atoms with E-state index in [0.29, 0.717) is 0 Å². The van der Waals surface area contributed by atoms with E-state index in [-0.39, 0.29) is 17.5 Å². The van der Waals surface area contributed by atoms with Crippen molar-refractivity contribution in [3.05, 3.63) is 65.9 Å². The number of hydrogen-bond donors (Lipinski definition) is 6. The second-order valence-electron chi connectivity index (χ2n) is 9.45. The summed E-state index contributed by atoms with van der Waals surface area (Å²) >= 11 is 0. The van der Waals surface area contributed by atoms with E-state index in [4.69, 9.17) is 19.8 Å². The molecule has 0 radical (unpaired) electrons. The molecule has 1 aromatic rings. The predicted octanol–water partition coefficient (Wildman–Crippen LogP) is 4.31. The van der Waals surface area contributed by atoms with Crippen LogP contribution in [-0.2, 0) is 24.4 Å². The number of aliphatic carboxylic acids is 3. The third kappa shape index (κ3) is 15.6. The van der Waals surface area contributed by atoms with Crippen molar-refractivity contribution in [2.45, 2.75) is 74.4 Å². The third-order valence-electron chi connectivity index (χ3n) is 5.93. The Morgan fingerprint density at radius 3 is 2.04 bits per heavy atom. The molecule has 0 aliphatic carbocycles. The maximum absolute atomic E-state index is 12.3. The van der Waals surface area contributed by atoms with Gasteiger partial charge in [0.15, 0.2) is 0 Å². The van der Waals surface area contributed by atoms with Gasteiger partial charge in [-0.15, -0.1) is 0 Å². The van der Waals surface area contributed by atoms with Crippen molar-refractivity contribution >= 4 is 27.9 Å². The minimum atomic E-state index is -5.08. The molecule has 2 atom stereocenters. The van der Waals surface area contributed by atoms with Gasteiger partial charge in [0.1, 0.15) is 6.04 Å². The summed E-state index contributed by atoms with van der Waals surface area (Å²) in [6.07, 6.45) is 4.44. The standard InChI is InChI=1S/C23H31N3O4S.2C2HF3O2/c27-23(28)21(26-31(29,30)20-12-6-4-7-13-20)14-8-3-1-2-5-11-19-16-15-18-10-9-17-24-22(18)25-19;2*3-2(4,5)1(6)7/h3-4,6-8,12-13,15-16,21-22,24-26H,1-2,5,9-11,14,17H2,(H,27,28);2*(H,6,7). The topological polar surface area (TPSA) is 182 Å². The van der Waals surface area contributed by atoms with Gasteiger partial charge in [-0.05, 0) is 75.3 Å². The van der Waals surface area contributed by atoms with Crippen molar-refractivity contribution in [1.29, 1.82) is 0 Å². The largest absolute Gasteiger partial charge is 0.490 e. The number of benzene rings is 1. The lowest BCUT2D eigenvalue weighted by Gasteiger charge is -2.32. The van der Waals surface area contributed by atoms with E-state index in [1.165, 1.54) is 29.8 Å². The maximum atomic E-state index is 12.3. The number of carboxylic acid groups (broad SMARTS) is 3. The molecule has 0 bridgehead atoms. The fourth-order valence-corrected chi connectivity index (χ4v) is 4.94. The Morgan fingerprint density at radius 2 is 1.51 bits per heavy atom. The minimum absolute atomic E-state index is 0.0567. The zero-order valence-electron chi connectivity index (χ0n) is 23.6. The first-order chi connectivity index (χ1) is 20.8. The molecule has 252 valence electrons. The first-order valence-electron chi connectivity index (χ1n) is 13.3. The number of carboxylic acids is 3. The minimum Gasteiger partial charge on any atom is -0.480 e. The molecule has 0 saturated carbocycles. The normalized spacial score (nSPS) is 17.2. The number of fused-ring (bicyclic) bond motifs is 1. The van der Waals surface area contributed by atoms with Crippen LogP contribution < -0.4 is 15.4 Å². The number of dihydropyridines is 1. The van der Waals surface area contributed by atoms with Crippen LogP contribution in [0.25, 0.3) is 0 Å². The van der Waals surface area contributed by atoms with Crippen LogP contribution in [0.5, 0.6) is 0 Å². The van der Waals surface area contributed by atoms with Gasteiger partial charge in [0, 0.05) is 5.70 Å². The SMILES string of the molecule is O=C(O)C(CC=CCCCCC1=CC=C2CCCNC2N1)NS(=O)(=O)c1ccccc1.O=C(O)C(F)(F)F.O=C(O)C(F)(F)F. The maximum Gasteiger partial charge on any atom is 0.490 e. The van der Waals surface area contributed by atoms with Crippen molar-refractivity contribution in [2.24, 2.45) is 0 Å². The van der Waals surface area contributed by atoms with Crippen LogP contribution in [-0.4, -0.2) is 72.8 Å². The van der Waals surface area contributed by atoms with Crippen molar-refractivity contribution in [3.63, 3.8) is 0 Å². The molecule has 0 amide bonds. The van der Waals surface area contributed by atoms with Crippen LogP contribution in [0.1, 0.15) is 44.9 Å². The molecule has 1 fully saturated rings. The Morgan fingerprint density at radius 1 is 0.933 bits per heavy atom. The number of halogens is 6. The molecule has 2 unspecified atom stereocenters. The highest BCUT2D eigenvalue weighted by atomic mass is 32.2. The van der Waals surface area contributed by atoms with Crippen molar-refractivity contribution in [1.82, 2.24) is 15.4 Å². The molecule has 0 spiro atoms. The smallest absolute Gasteiger partial charge is 0.480 e. The number of hydrogen-bond acceptors (Lipinski definition) is 7. The number of unbranched alkanes of at least 4 members (excludes halogenated alkanes) is 2. The predicted molar refractivity (Wildman–Crippen MR) is 148 cm³/mol. The average molecular weight is 674 g/mol. The molecule has 1 saturated heterocycles. The number of piperidine rings is 1. The summed E-state index contributed by atoms with van der Waals surface area (Å²) in [7, 11) is -3.86. The highest BCUT2D eigenvalue weighted by Gasteiger charge is 2.39. The number of alkyl halides is 6. The number of sulfonamides is 1. The van der Waals surface area contributed by atoms with E-state index in [2.05, 4.69) is 27.5 Å². The molecule has 2 aliphatic heterocycles. The van der Waals surface area contributed by atoms with E-state index >= 15 is 0 Å². The van der Waals surface area contributed by atoms with Gasteiger partial charge in [-0.3, -0.25) is 10.1 Å². The lowest BCUT2D eigenvalue weighted by molar-refractivity contribution is -0.193. The second kappa shape index (κ2) is 18.2. The van der Waals surface area contributed by atoms with Crippen LogP contribution in [0.4, 0.5) is 26.3 Å². The lowest BCUT2D eigenvalue weighted by atomic mass is 9.98. The summed E-state index contributed by atoms with van der Waals surface area (Å²) in [5, 5.41) is 30.7. The van der Waals surface area contributed by atoms with Gasteiger partial charge in [-0.25, -0.2) is 18.0 Å². The van der Waals surface area contributed by atoms with Gasteiger partial charge in [-0.1, -0.05) is 36.4 Å². The molecule has 6 N–H and O–H groups in total. The van der Waals surface area contributed by atoms with Crippen molar-refractivity contribution < 1.29 is 64.5 Å². The Hall–Kier alpha value is -3.90. The molecule has 1 aromatic carbocycles. The van der Waals surface area contributed by atoms with Crippen LogP contribution >= 0.6 is 0 Å². The number of rotatable bonds is 11. The Labute approximate surface area is 254 Å². The van der Waals surface area contributed by atoms with Gasteiger partial charge in [0.2, 0.25) is 10.0 Å². The van der Waals surface area contributed by atoms with Crippen LogP contribution in [0.15, 0.2) is 70.8 Å². The molecular formula is C27H33F6N3O8S. The van der Waals surface area contributed by atoms with Crippen LogP contribution in [0, 0.1) is 0 Å². The van der Waals surface area contributed by atoms with Crippen molar-refractivity contribution in [2.75, 3.05) is 6.54 Å². The highest BCUT2D eigenvalue weighted by Crippen LogP contribution is 2.21. The summed E-state index contributed by atoms with van der Waals surface area (Å²) in [5.41, 5.74) is 2.67. The zero-order chi connectivity index (χ0) is 34.3. The summed E-state index contributed by atoms with van der Waals surface area (Å²) in [6, 6.07) is 6.59. The number of nitrogens with one attached hydrogen (secondary N) is 3. The van der Waals surface area contributed by atoms with E-state index in [9.17, 15) is 44.7 Å². The molecule has 3 rings (SSSR count). The molecule has 2 aliphatic rings. The molecule has 0 aromatic heterocycles. The van der Waals surface area contributed by atoms with Crippen LogP contribution in [0.2, 0.25) is 0 Å². The van der Waals surface area contributed by atoms with E-state index in [1.807, 2.05) is 6.08 Å². The molecular weight excluding hydrogens is 640 g/mol. The molecule has 18 heteroatoms. The fourth-order valence-electron chi connectivity index (χ4n) is 3.72. The molecule has 2 heterocycles. The summed E-state index contributed by atoms with van der Waals surface area (Å²) in [4.78, 5) is 29.3. The Balaban J connectivity index is 0.000000601. The number of allylic oxidation sites excluding steroid dienone is 4. The van der Waals surface area contributed by atoms with Gasteiger partial charge in [-0.2, -0.15) is 31.1 Å². The molecule has 45 heavy (non-hydrogen) atoms. The molecule has 11 nitrogen and oxygen atoms in total. The van der Waals surface area contributed by atoms with E-state index in [0.717, 1.165) is 38.6 Å². The quantitative estimate of drug-likeness (QED) is 0.113. The fraction of sp³-hybridized carbons (Fsp3) is 0.444. The number of carbonyl (C=O) groups is 3. The van der Waals surface area contributed by atoms with Gasteiger partial charge >= 0.3 is 30.3 Å². The average Bonchev–Trinajstić information content (AvgIpc) is 2.96. The monoisotopic (exact) mass is 673 g/mol. The zero-order valence-corrected chi connectivity index (χ0v) is 24.4. The lowest BCUT2D eigenvalue weighted by Crippen LogP contribution is -2.47. The van der Waals surface area contributed by atoms with Gasteiger partial charge in [0.25, 0.3) is 0 Å². The summed E-state index contributed by atoms with van der Waals surface area (Å²) in [6.45, 7) is 1.05. The van der Waals surface area contributed by atoms with Gasteiger partial charge < -0.3 is 20.6 Å². The highest BCUT2D eigenvalue weighted by molar-refractivity contribution is 7.89. The third-order valence-corrected chi connectivity index (χ3v) is 7.42. The Kier molecular flexibility index (Phi) is 15.8. The second-order valence-corrected chi connectivity index (χ2v) is 11.2. The first-order valence-corrected chi connectivity index (χ1v) is 14.8. The Bertz CT molecular complexity index is 1310. The van der Waals surface area contributed by atoms with E-state index < -0.39 is 46.3 Å². The summed E-state index contributed by atoms with van der Waals surface area (Å²) < 4.78 is 90.4. The summed E-state index contributed by atoms with van der Waals surface area (Å²) in [5.74, 6) is -6.71. The van der Waals surface area contributed by atoms with E-state index in [1.54, 1.807) is 24.3 Å². The van der Waals surface area contributed by atoms with Crippen molar-refractivity contribution in [3.8, 4) is 0 Å². The van der Waals surface area contributed by atoms with Gasteiger partial charge in [0.05, 0.1) is 11.1 Å². The first kappa shape index (κ1) is 39.1.